The van der Waals surface area contributed by atoms with Gasteiger partial charge in [0.25, 0.3) is 0 Å². The summed E-state index contributed by atoms with van der Waals surface area (Å²) in [4.78, 5) is 4.70. The first-order valence-electron chi connectivity index (χ1n) is 9.04. The smallest absolute Gasteiger partial charge is 0.227 e. The minimum Gasteiger partial charge on any atom is -0.436 e. The SMILES string of the molecule is Cc1c(-c2ccccc2)cccc1-c1nc2cc(CNCCO)[c]cc2o1. The van der Waals surface area contributed by atoms with E-state index in [1.807, 2.05) is 42.5 Å². The Kier molecular flexibility index (Phi) is 5.01. The maximum absolute atomic E-state index is 8.88. The van der Waals surface area contributed by atoms with Crippen molar-refractivity contribution in [3.8, 4) is 22.6 Å². The molecule has 4 aromatic rings. The Hall–Kier alpha value is -2.95. The number of aromatic nitrogens is 1. The van der Waals surface area contributed by atoms with Crippen LogP contribution in [0.3, 0.4) is 0 Å². The number of nitrogens with zero attached hydrogens (tertiary/aromatic N) is 1. The van der Waals surface area contributed by atoms with E-state index in [4.69, 9.17) is 14.5 Å². The van der Waals surface area contributed by atoms with E-state index < -0.39 is 0 Å². The Morgan fingerprint density at radius 2 is 1.89 bits per heavy atom. The van der Waals surface area contributed by atoms with Gasteiger partial charge in [-0.3, -0.25) is 0 Å². The van der Waals surface area contributed by atoms with Crippen LogP contribution in [0, 0.1) is 13.0 Å². The summed E-state index contributed by atoms with van der Waals surface area (Å²) < 4.78 is 6.00. The van der Waals surface area contributed by atoms with Gasteiger partial charge in [-0.15, -0.1) is 0 Å². The van der Waals surface area contributed by atoms with Crippen LogP contribution in [0.4, 0.5) is 0 Å². The van der Waals surface area contributed by atoms with E-state index >= 15 is 0 Å². The van der Waals surface area contributed by atoms with Crippen molar-refractivity contribution in [3.63, 3.8) is 0 Å². The highest BCUT2D eigenvalue weighted by Crippen LogP contribution is 2.33. The molecule has 4 heteroatoms. The molecule has 4 rings (SSSR count). The highest BCUT2D eigenvalue weighted by atomic mass is 16.3. The Labute approximate surface area is 158 Å². The highest BCUT2D eigenvalue weighted by molar-refractivity contribution is 5.80. The van der Waals surface area contributed by atoms with Crippen molar-refractivity contribution in [2.24, 2.45) is 0 Å². The Morgan fingerprint density at radius 3 is 2.70 bits per heavy atom. The molecule has 4 nitrogen and oxygen atoms in total. The van der Waals surface area contributed by atoms with Crippen molar-refractivity contribution in [3.05, 3.63) is 77.9 Å². The van der Waals surface area contributed by atoms with Crippen LogP contribution < -0.4 is 5.32 Å². The monoisotopic (exact) mass is 357 g/mol. The van der Waals surface area contributed by atoms with E-state index in [1.165, 1.54) is 11.1 Å². The average Bonchev–Trinajstić information content (AvgIpc) is 3.12. The molecule has 0 fully saturated rings. The minimum absolute atomic E-state index is 0.118. The van der Waals surface area contributed by atoms with Gasteiger partial charge in [-0.25, -0.2) is 4.98 Å². The number of rotatable bonds is 6. The van der Waals surface area contributed by atoms with E-state index in [2.05, 4.69) is 36.5 Å². The van der Waals surface area contributed by atoms with Gasteiger partial charge in [0, 0.05) is 18.7 Å². The number of oxazole rings is 1. The number of nitrogens with one attached hydrogen (secondary N) is 1. The molecule has 1 aromatic heterocycles. The second-order valence-corrected chi connectivity index (χ2v) is 6.47. The van der Waals surface area contributed by atoms with Gasteiger partial charge >= 0.3 is 0 Å². The molecule has 0 amide bonds. The molecule has 0 aliphatic rings. The van der Waals surface area contributed by atoms with Crippen LogP contribution in [0.1, 0.15) is 11.1 Å². The second kappa shape index (κ2) is 7.74. The molecule has 0 aliphatic heterocycles. The van der Waals surface area contributed by atoms with Crippen LogP contribution in [0.15, 0.2) is 65.1 Å². The first kappa shape index (κ1) is 17.5. The molecule has 0 atom stereocenters. The van der Waals surface area contributed by atoms with Crippen LogP contribution >= 0.6 is 0 Å². The molecule has 135 valence electrons. The van der Waals surface area contributed by atoms with Crippen molar-refractivity contribution in [1.82, 2.24) is 10.3 Å². The van der Waals surface area contributed by atoms with E-state index in [1.54, 1.807) is 0 Å². The van der Waals surface area contributed by atoms with Crippen molar-refractivity contribution >= 4 is 11.1 Å². The van der Waals surface area contributed by atoms with Crippen molar-refractivity contribution in [1.29, 1.82) is 0 Å². The van der Waals surface area contributed by atoms with Crippen LogP contribution in [0.25, 0.3) is 33.7 Å². The van der Waals surface area contributed by atoms with E-state index in [0.717, 1.165) is 27.8 Å². The zero-order valence-corrected chi connectivity index (χ0v) is 15.2. The molecule has 0 unspecified atom stereocenters. The molecule has 0 spiro atoms. The second-order valence-electron chi connectivity index (χ2n) is 6.47. The molecule has 0 saturated carbocycles. The lowest BCUT2D eigenvalue weighted by molar-refractivity contribution is 0.292. The molecule has 27 heavy (non-hydrogen) atoms. The summed E-state index contributed by atoms with van der Waals surface area (Å²) >= 11 is 0. The van der Waals surface area contributed by atoms with Crippen LogP contribution in [-0.2, 0) is 6.54 Å². The van der Waals surface area contributed by atoms with Gasteiger partial charge in [-0.1, -0.05) is 42.5 Å². The van der Waals surface area contributed by atoms with Gasteiger partial charge in [-0.2, -0.15) is 0 Å². The third-order valence-corrected chi connectivity index (χ3v) is 4.63. The van der Waals surface area contributed by atoms with Crippen LogP contribution in [0.5, 0.6) is 0 Å². The minimum atomic E-state index is 0.118. The summed E-state index contributed by atoms with van der Waals surface area (Å²) in [5.41, 5.74) is 7.02. The van der Waals surface area contributed by atoms with E-state index in [-0.39, 0.29) is 6.61 Å². The third-order valence-electron chi connectivity index (χ3n) is 4.63. The van der Waals surface area contributed by atoms with Crippen LogP contribution in [0.2, 0.25) is 0 Å². The summed E-state index contributed by atoms with van der Waals surface area (Å²) in [6.07, 6.45) is 0. The fraction of sp³-hybridized carbons (Fsp3) is 0.174. The summed E-state index contributed by atoms with van der Waals surface area (Å²) in [6, 6.07) is 23.5. The predicted octanol–water partition coefficient (Wildman–Crippen LogP) is 4.35. The van der Waals surface area contributed by atoms with E-state index in [9.17, 15) is 0 Å². The molecule has 1 heterocycles. The Bertz CT molecular complexity index is 1050. The molecular formula is C23H21N2O2. The lowest BCUT2D eigenvalue weighted by atomic mass is 9.96. The quantitative estimate of drug-likeness (QED) is 0.504. The number of fused-ring (bicyclic) bond motifs is 1. The van der Waals surface area contributed by atoms with Gasteiger partial charge < -0.3 is 14.8 Å². The predicted molar refractivity (Wildman–Crippen MR) is 107 cm³/mol. The maximum Gasteiger partial charge on any atom is 0.227 e. The lowest BCUT2D eigenvalue weighted by Gasteiger charge is -2.09. The Balaban J connectivity index is 1.70. The Morgan fingerprint density at radius 1 is 1.07 bits per heavy atom. The zero-order chi connectivity index (χ0) is 18.6. The summed E-state index contributed by atoms with van der Waals surface area (Å²) in [6.45, 7) is 3.42. The topological polar surface area (TPSA) is 58.3 Å². The number of benzene rings is 3. The van der Waals surface area contributed by atoms with Gasteiger partial charge in [0.05, 0.1) is 6.61 Å². The lowest BCUT2D eigenvalue weighted by Crippen LogP contribution is -2.17. The number of aliphatic hydroxyl groups is 1. The van der Waals surface area contributed by atoms with Crippen molar-refractivity contribution < 1.29 is 9.52 Å². The normalized spacial score (nSPS) is 11.2. The molecular weight excluding hydrogens is 336 g/mol. The highest BCUT2D eigenvalue weighted by Gasteiger charge is 2.14. The van der Waals surface area contributed by atoms with Gasteiger partial charge in [0.1, 0.15) is 5.52 Å². The number of hydrogen-bond acceptors (Lipinski definition) is 4. The molecule has 1 radical (unpaired) electrons. The van der Waals surface area contributed by atoms with E-state index in [0.29, 0.717) is 19.0 Å². The first-order chi connectivity index (χ1) is 13.3. The van der Waals surface area contributed by atoms with Gasteiger partial charge in [-0.05, 0) is 53.4 Å². The summed E-state index contributed by atoms with van der Waals surface area (Å²) in [5, 5.41) is 12.0. The summed E-state index contributed by atoms with van der Waals surface area (Å²) in [7, 11) is 0. The third kappa shape index (κ3) is 3.63. The largest absolute Gasteiger partial charge is 0.436 e. The molecule has 0 aliphatic carbocycles. The molecule has 2 N–H and O–H groups in total. The first-order valence-corrected chi connectivity index (χ1v) is 9.04. The number of aliphatic hydroxyl groups excluding tert-OH is 1. The average molecular weight is 357 g/mol. The van der Waals surface area contributed by atoms with Crippen LogP contribution in [-0.4, -0.2) is 23.2 Å². The molecule has 0 bridgehead atoms. The fourth-order valence-electron chi connectivity index (χ4n) is 3.23. The van der Waals surface area contributed by atoms with Crippen molar-refractivity contribution in [2.45, 2.75) is 13.5 Å². The summed E-state index contributed by atoms with van der Waals surface area (Å²) in [5.74, 6) is 0.620. The van der Waals surface area contributed by atoms with Gasteiger partial charge in [0.2, 0.25) is 5.89 Å². The fourth-order valence-corrected chi connectivity index (χ4v) is 3.23. The molecule has 0 saturated heterocycles. The number of hydrogen-bond donors (Lipinski definition) is 2. The van der Waals surface area contributed by atoms with Gasteiger partial charge in [0.15, 0.2) is 5.58 Å². The van der Waals surface area contributed by atoms with Crippen molar-refractivity contribution in [2.75, 3.05) is 13.2 Å². The standard InChI is InChI=1S/C23H21N2O2/c1-16-19(18-6-3-2-4-7-18)8-5-9-20(16)23-25-21-14-17(15-24-12-13-26)10-11-22(21)27-23/h2-9,11,14,24,26H,12-13,15H2,1H3. The molecule has 3 aromatic carbocycles. The zero-order valence-electron chi connectivity index (χ0n) is 15.2. The maximum atomic E-state index is 8.88.